The van der Waals surface area contributed by atoms with Gasteiger partial charge in [-0.25, -0.2) is 9.18 Å². The van der Waals surface area contributed by atoms with Gasteiger partial charge < -0.3 is 24.8 Å². The number of nitrogens with zero attached hydrogens (tertiary/aromatic N) is 1. The van der Waals surface area contributed by atoms with E-state index >= 15 is 0 Å². The maximum Gasteiger partial charge on any atom is 0.322 e. The van der Waals surface area contributed by atoms with Gasteiger partial charge in [-0.1, -0.05) is 12.1 Å². The van der Waals surface area contributed by atoms with Crippen molar-refractivity contribution in [1.29, 1.82) is 0 Å². The highest BCUT2D eigenvalue weighted by atomic mass is 19.1. The van der Waals surface area contributed by atoms with E-state index < -0.39 is 11.4 Å². The highest BCUT2D eigenvalue weighted by molar-refractivity contribution is 5.89. The second-order valence-corrected chi connectivity index (χ2v) is 7.11. The number of hydrogen-bond donors (Lipinski definition) is 2. The van der Waals surface area contributed by atoms with E-state index in [0.29, 0.717) is 45.8 Å². The Hall–Kier alpha value is -1.70. The summed E-state index contributed by atoms with van der Waals surface area (Å²) in [5.74, 6) is -0.764. The predicted molar refractivity (Wildman–Crippen MR) is 88.7 cm³/mol. The number of amides is 2. The molecule has 0 aliphatic carbocycles. The second-order valence-electron chi connectivity index (χ2n) is 7.11. The van der Waals surface area contributed by atoms with Gasteiger partial charge in [-0.3, -0.25) is 0 Å². The number of urea groups is 1. The molecule has 0 aromatic heterocycles. The molecule has 136 valence electrons. The average molecular weight is 350 g/mol. The number of anilines is 1. The van der Waals surface area contributed by atoms with Crippen molar-refractivity contribution >= 4 is 11.7 Å². The van der Waals surface area contributed by atoms with E-state index in [1.807, 2.05) is 0 Å². The molecule has 3 saturated heterocycles. The molecule has 4 rings (SSSR count). The number of hydrogen-bond acceptors (Lipinski definition) is 4. The molecular weight excluding hydrogens is 327 g/mol. The van der Waals surface area contributed by atoms with E-state index in [9.17, 15) is 14.3 Å². The fraction of sp³-hybridized carbons (Fsp3) is 0.611. The molecule has 3 aliphatic rings. The summed E-state index contributed by atoms with van der Waals surface area (Å²) in [7, 11) is 0. The quantitative estimate of drug-likeness (QED) is 0.811. The van der Waals surface area contributed by atoms with Crippen molar-refractivity contribution in [2.45, 2.75) is 24.5 Å². The number of halogens is 1. The van der Waals surface area contributed by atoms with Gasteiger partial charge in [0.05, 0.1) is 24.5 Å². The van der Waals surface area contributed by atoms with E-state index in [-0.39, 0.29) is 29.6 Å². The van der Waals surface area contributed by atoms with Crippen molar-refractivity contribution in [3.05, 3.63) is 30.1 Å². The molecule has 0 radical (unpaired) electrons. The van der Waals surface area contributed by atoms with Crippen LogP contribution < -0.4 is 5.32 Å². The van der Waals surface area contributed by atoms with Crippen molar-refractivity contribution in [3.63, 3.8) is 0 Å². The first-order chi connectivity index (χ1) is 12.1. The van der Waals surface area contributed by atoms with Gasteiger partial charge in [0.1, 0.15) is 5.82 Å². The van der Waals surface area contributed by atoms with Crippen LogP contribution in [0, 0.1) is 17.7 Å². The van der Waals surface area contributed by atoms with Crippen molar-refractivity contribution in [2.75, 3.05) is 38.3 Å². The molecule has 4 atom stereocenters. The van der Waals surface area contributed by atoms with Crippen molar-refractivity contribution < 1.29 is 23.8 Å². The Morgan fingerprint density at radius 3 is 2.92 bits per heavy atom. The van der Waals surface area contributed by atoms with Gasteiger partial charge in [-0.15, -0.1) is 0 Å². The lowest BCUT2D eigenvalue weighted by Gasteiger charge is -2.56. The van der Waals surface area contributed by atoms with Crippen LogP contribution in [0.5, 0.6) is 0 Å². The molecule has 3 aliphatic heterocycles. The maximum atomic E-state index is 13.9. The molecule has 0 unspecified atom stereocenters. The normalized spacial score (nSPS) is 34.8. The summed E-state index contributed by atoms with van der Waals surface area (Å²) in [6.45, 7) is 2.34. The van der Waals surface area contributed by atoms with Gasteiger partial charge in [0.25, 0.3) is 0 Å². The molecule has 1 aromatic rings. The van der Waals surface area contributed by atoms with Gasteiger partial charge >= 0.3 is 6.03 Å². The second kappa shape index (κ2) is 6.55. The summed E-state index contributed by atoms with van der Waals surface area (Å²) in [5.41, 5.74) is -0.699. The number of rotatable bonds is 1. The Labute approximate surface area is 145 Å². The molecule has 3 fully saturated rings. The smallest absolute Gasteiger partial charge is 0.322 e. The summed E-state index contributed by atoms with van der Waals surface area (Å²) < 4.78 is 25.0. The standard InChI is InChI=1S/C18H23FN2O4/c19-14-3-1-2-4-15(14)20-17(22)21-9-12-10-25-8-6-18(12,23)13-11-24-7-5-16(13)21/h1-4,12-13,16,23H,5-11H2,(H,20,22)/t12-,13+,16+,18-/m0/s1. The van der Waals surface area contributed by atoms with Crippen LogP contribution in [0.15, 0.2) is 24.3 Å². The molecule has 7 heteroatoms. The minimum atomic E-state index is -0.863. The number of likely N-dealkylation sites (tertiary alicyclic amines) is 1. The number of aliphatic hydroxyl groups is 1. The molecule has 0 bridgehead atoms. The number of carbonyl (C=O) groups excluding carboxylic acids is 1. The molecule has 2 amide bonds. The minimum Gasteiger partial charge on any atom is -0.389 e. The van der Waals surface area contributed by atoms with Crippen molar-refractivity contribution in [2.24, 2.45) is 11.8 Å². The first-order valence-electron chi connectivity index (χ1n) is 8.79. The Morgan fingerprint density at radius 2 is 2.08 bits per heavy atom. The van der Waals surface area contributed by atoms with E-state index in [0.717, 1.165) is 0 Å². The molecule has 1 aromatic carbocycles. The van der Waals surface area contributed by atoms with Crippen LogP contribution >= 0.6 is 0 Å². The average Bonchev–Trinajstić information content (AvgIpc) is 2.63. The van der Waals surface area contributed by atoms with Crippen LogP contribution in [0.25, 0.3) is 0 Å². The Balaban J connectivity index is 1.58. The first-order valence-corrected chi connectivity index (χ1v) is 8.79. The van der Waals surface area contributed by atoms with Gasteiger partial charge in [0.2, 0.25) is 0 Å². The predicted octanol–water partition coefficient (Wildman–Crippen LogP) is 1.85. The number of ether oxygens (including phenoxy) is 2. The largest absolute Gasteiger partial charge is 0.389 e. The summed E-state index contributed by atoms with van der Waals surface area (Å²) in [4.78, 5) is 14.6. The van der Waals surface area contributed by atoms with Crippen LogP contribution in [0.3, 0.4) is 0 Å². The van der Waals surface area contributed by atoms with E-state index in [4.69, 9.17) is 9.47 Å². The third-order valence-electron chi connectivity index (χ3n) is 5.83. The third kappa shape index (κ3) is 2.90. The summed E-state index contributed by atoms with van der Waals surface area (Å²) in [6.07, 6.45) is 1.23. The number of piperidine rings is 1. The zero-order chi connectivity index (χ0) is 17.4. The monoisotopic (exact) mass is 350 g/mol. The van der Waals surface area contributed by atoms with Crippen LogP contribution in [0.1, 0.15) is 12.8 Å². The fourth-order valence-corrected chi connectivity index (χ4v) is 4.44. The Morgan fingerprint density at radius 1 is 1.28 bits per heavy atom. The number of fused-ring (bicyclic) bond motifs is 3. The molecule has 0 spiro atoms. The first kappa shape index (κ1) is 16.8. The maximum absolute atomic E-state index is 13.9. The molecule has 0 saturated carbocycles. The van der Waals surface area contributed by atoms with Gasteiger partial charge in [-0.2, -0.15) is 0 Å². The summed E-state index contributed by atoms with van der Waals surface area (Å²) in [6, 6.07) is 5.67. The van der Waals surface area contributed by atoms with Gasteiger partial charge in [0.15, 0.2) is 0 Å². The lowest BCUT2D eigenvalue weighted by molar-refractivity contribution is -0.211. The zero-order valence-electron chi connectivity index (χ0n) is 14.0. The van der Waals surface area contributed by atoms with Crippen LogP contribution in [0.2, 0.25) is 0 Å². The minimum absolute atomic E-state index is 0.111. The van der Waals surface area contributed by atoms with Crippen LogP contribution in [0.4, 0.5) is 14.9 Å². The zero-order valence-corrected chi connectivity index (χ0v) is 14.0. The number of benzene rings is 1. The van der Waals surface area contributed by atoms with E-state index in [1.165, 1.54) is 6.07 Å². The highest BCUT2D eigenvalue weighted by Gasteiger charge is 2.56. The Kier molecular flexibility index (Phi) is 4.39. The molecule has 6 nitrogen and oxygen atoms in total. The van der Waals surface area contributed by atoms with Crippen molar-refractivity contribution in [1.82, 2.24) is 4.90 Å². The molecule has 25 heavy (non-hydrogen) atoms. The topological polar surface area (TPSA) is 71.0 Å². The van der Waals surface area contributed by atoms with Crippen LogP contribution in [-0.4, -0.2) is 60.7 Å². The number of carbonyl (C=O) groups is 1. The third-order valence-corrected chi connectivity index (χ3v) is 5.83. The summed E-state index contributed by atoms with van der Waals surface area (Å²) >= 11 is 0. The van der Waals surface area contributed by atoms with E-state index in [1.54, 1.807) is 23.1 Å². The number of nitrogens with one attached hydrogen (secondary N) is 1. The Bertz CT molecular complexity index is 658. The molecular formula is C18H23FN2O4. The lowest BCUT2D eigenvalue weighted by Crippen LogP contribution is -2.69. The lowest BCUT2D eigenvalue weighted by atomic mass is 9.66. The van der Waals surface area contributed by atoms with Gasteiger partial charge in [-0.05, 0) is 18.6 Å². The number of para-hydroxylation sites is 1. The molecule has 3 heterocycles. The highest BCUT2D eigenvalue weighted by Crippen LogP contribution is 2.44. The van der Waals surface area contributed by atoms with Crippen LogP contribution in [-0.2, 0) is 9.47 Å². The van der Waals surface area contributed by atoms with Gasteiger partial charge in [0, 0.05) is 44.1 Å². The van der Waals surface area contributed by atoms with E-state index in [2.05, 4.69) is 5.32 Å². The molecule has 2 N–H and O–H groups in total. The van der Waals surface area contributed by atoms with Crippen molar-refractivity contribution in [3.8, 4) is 0 Å². The SMILES string of the molecule is O=C(Nc1ccccc1F)N1C[C@H]2COCC[C@@]2(O)[C@@H]2COCC[C@H]21. The summed E-state index contributed by atoms with van der Waals surface area (Å²) in [5, 5.41) is 13.9. The fourth-order valence-electron chi connectivity index (χ4n) is 4.44.